The molecule has 0 aliphatic rings. The Bertz CT molecular complexity index is 555. The molecule has 0 N–H and O–H groups in total. The lowest BCUT2D eigenvalue weighted by Crippen LogP contribution is -2.20. The van der Waals surface area contributed by atoms with E-state index in [1.807, 2.05) is 6.92 Å². The first-order chi connectivity index (χ1) is 12.3. The SMILES string of the molecule is CCCCCCCC(CCCC)OC(=O)c1cc(C(F)(F)F)ccc1F. The second-order valence-electron chi connectivity index (χ2n) is 6.56. The maximum absolute atomic E-state index is 13.8. The van der Waals surface area contributed by atoms with Crippen molar-refractivity contribution in [2.45, 2.75) is 83.9 Å². The number of hydrogen-bond acceptors (Lipinski definition) is 2. The Morgan fingerprint density at radius 2 is 1.62 bits per heavy atom. The van der Waals surface area contributed by atoms with Crippen molar-refractivity contribution in [3.63, 3.8) is 0 Å². The lowest BCUT2D eigenvalue weighted by atomic mass is 10.0. The van der Waals surface area contributed by atoms with Gasteiger partial charge in [0.1, 0.15) is 11.9 Å². The van der Waals surface area contributed by atoms with Crippen LogP contribution in [0, 0.1) is 5.82 Å². The molecule has 0 aliphatic carbocycles. The summed E-state index contributed by atoms with van der Waals surface area (Å²) >= 11 is 0. The third kappa shape index (κ3) is 7.75. The van der Waals surface area contributed by atoms with E-state index in [0.717, 1.165) is 44.9 Å². The van der Waals surface area contributed by atoms with Gasteiger partial charge in [-0.2, -0.15) is 13.2 Å². The van der Waals surface area contributed by atoms with Crippen LogP contribution in [0.1, 0.15) is 87.6 Å². The van der Waals surface area contributed by atoms with E-state index < -0.39 is 35.2 Å². The number of unbranched alkanes of at least 4 members (excludes halogenated alkanes) is 5. The predicted octanol–water partition coefficient (Wildman–Crippen LogP) is 6.92. The Balaban J connectivity index is 2.75. The van der Waals surface area contributed by atoms with Gasteiger partial charge in [0.15, 0.2) is 0 Å². The van der Waals surface area contributed by atoms with Gasteiger partial charge in [-0.25, -0.2) is 9.18 Å². The summed E-state index contributed by atoms with van der Waals surface area (Å²) in [5.41, 5.74) is -1.72. The van der Waals surface area contributed by atoms with Crippen LogP contribution in [0.3, 0.4) is 0 Å². The minimum atomic E-state index is -4.64. The molecule has 1 rings (SSSR count). The fourth-order valence-corrected chi connectivity index (χ4v) is 2.74. The molecule has 1 aromatic rings. The number of carbonyl (C=O) groups is 1. The number of esters is 1. The van der Waals surface area contributed by atoms with Crippen molar-refractivity contribution in [1.82, 2.24) is 0 Å². The van der Waals surface area contributed by atoms with Crippen molar-refractivity contribution in [3.8, 4) is 0 Å². The maximum Gasteiger partial charge on any atom is 0.416 e. The van der Waals surface area contributed by atoms with Crippen molar-refractivity contribution >= 4 is 5.97 Å². The minimum Gasteiger partial charge on any atom is -0.459 e. The fourth-order valence-electron chi connectivity index (χ4n) is 2.74. The zero-order chi connectivity index (χ0) is 19.6. The quantitative estimate of drug-likeness (QED) is 0.238. The smallest absolute Gasteiger partial charge is 0.416 e. The maximum atomic E-state index is 13.8. The topological polar surface area (TPSA) is 26.3 Å². The van der Waals surface area contributed by atoms with Crippen molar-refractivity contribution in [1.29, 1.82) is 0 Å². The Morgan fingerprint density at radius 1 is 1.00 bits per heavy atom. The van der Waals surface area contributed by atoms with E-state index in [0.29, 0.717) is 31.0 Å². The molecule has 2 nitrogen and oxygen atoms in total. The molecule has 0 fully saturated rings. The largest absolute Gasteiger partial charge is 0.459 e. The average Bonchev–Trinajstić information content (AvgIpc) is 2.58. The molecule has 148 valence electrons. The minimum absolute atomic E-state index is 0.391. The Hall–Kier alpha value is -1.59. The average molecular weight is 376 g/mol. The highest BCUT2D eigenvalue weighted by molar-refractivity contribution is 5.90. The highest BCUT2D eigenvalue weighted by Gasteiger charge is 2.32. The number of halogens is 4. The Labute approximate surface area is 152 Å². The van der Waals surface area contributed by atoms with Gasteiger partial charge in [0.2, 0.25) is 0 Å². The summed E-state index contributed by atoms with van der Waals surface area (Å²) in [5, 5.41) is 0. The summed E-state index contributed by atoms with van der Waals surface area (Å²) in [4.78, 5) is 12.2. The lowest BCUT2D eigenvalue weighted by molar-refractivity contribution is -0.137. The van der Waals surface area contributed by atoms with Crippen molar-refractivity contribution < 1.29 is 27.1 Å². The molecule has 1 atom stereocenters. The van der Waals surface area contributed by atoms with E-state index in [1.165, 1.54) is 0 Å². The summed E-state index contributed by atoms with van der Waals surface area (Å²) in [7, 11) is 0. The van der Waals surface area contributed by atoms with Crippen molar-refractivity contribution in [2.75, 3.05) is 0 Å². The van der Waals surface area contributed by atoms with Crippen LogP contribution in [-0.4, -0.2) is 12.1 Å². The van der Waals surface area contributed by atoms with E-state index in [2.05, 4.69) is 6.92 Å². The molecule has 0 heterocycles. The molecular weight excluding hydrogens is 348 g/mol. The molecule has 0 aliphatic heterocycles. The summed E-state index contributed by atoms with van der Waals surface area (Å²) < 4.78 is 57.5. The van der Waals surface area contributed by atoms with Gasteiger partial charge in [0.05, 0.1) is 11.1 Å². The van der Waals surface area contributed by atoms with Gasteiger partial charge >= 0.3 is 12.1 Å². The fraction of sp³-hybridized carbons (Fsp3) is 0.650. The third-order valence-corrected chi connectivity index (χ3v) is 4.30. The van der Waals surface area contributed by atoms with Crippen molar-refractivity contribution in [2.24, 2.45) is 0 Å². The summed E-state index contributed by atoms with van der Waals surface area (Å²) in [6.07, 6.45) is 3.30. The third-order valence-electron chi connectivity index (χ3n) is 4.30. The summed E-state index contributed by atoms with van der Waals surface area (Å²) in [6, 6.07) is 1.80. The van der Waals surface area contributed by atoms with E-state index in [4.69, 9.17) is 4.74 Å². The predicted molar refractivity (Wildman–Crippen MR) is 93.5 cm³/mol. The van der Waals surface area contributed by atoms with E-state index in [1.54, 1.807) is 0 Å². The van der Waals surface area contributed by atoms with Crippen molar-refractivity contribution in [3.05, 3.63) is 35.1 Å². The molecular formula is C20H28F4O2. The highest BCUT2D eigenvalue weighted by atomic mass is 19.4. The first kappa shape index (κ1) is 22.5. The zero-order valence-corrected chi connectivity index (χ0v) is 15.5. The van der Waals surface area contributed by atoms with Crippen LogP contribution in [0.4, 0.5) is 17.6 Å². The van der Waals surface area contributed by atoms with Crippen LogP contribution in [0.2, 0.25) is 0 Å². The Morgan fingerprint density at radius 3 is 2.23 bits per heavy atom. The molecule has 0 spiro atoms. The van der Waals surface area contributed by atoms with Crippen LogP contribution >= 0.6 is 0 Å². The van der Waals surface area contributed by atoms with Crippen LogP contribution in [0.15, 0.2) is 18.2 Å². The van der Waals surface area contributed by atoms with E-state index >= 15 is 0 Å². The van der Waals surface area contributed by atoms with Gasteiger partial charge in [0.25, 0.3) is 0 Å². The molecule has 26 heavy (non-hydrogen) atoms. The van der Waals surface area contributed by atoms with Crippen LogP contribution in [0.5, 0.6) is 0 Å². The second-order valence-corrected chi connectivity index (χ2v) is 6.56. The molecule has 1 aromatic carbocycles. The molecule has 0 bridgehead atoms. The molecule has 0 saturated heterocycles. The van der Waals surface area contributed by atoms with Crippen LogP contribution < -0.4 is 0 Å². The molecule has 0 aromatic heterocycles. The number of benzene rings is 1. The van der Waals surface area contributed by atoms with Gasteiger partial charge in [-0.1, -0.05) is 52.4 Å². The monoisotopic (exact) mass is 376 g/mol. The normalized spacial score (nSPS) is 12.8. The van der Waals surface area contributed by atoms with Crippen LogP contribution in [-0.2, 0) is 10.9 Å². The van der Waals surface area contributed by atoms with Gasteiger partial charge in [-0.3, -0.25) is 0 Å². The number of ether oxygens (including phenoxy) is 1. The second kappa shape index (κ2) is 11.2. The first-order valence-electron chi connectivity index (χ1n) is 9.37. The number of rotatable bonds is 11. The van der Waals surface area contributed by atoms with Gasteiger partial charge in [-0.15, -0.1) is 0 Å². The zero-order valence-electron chi connectivity index (χ0n) is 15.5. The van der Waals surface area contributed by atoms with E-state index in [-0.39, 0.29) is 0 Å². The van der Waals surface area contributed by atoms with Gasteiger partial charge in [0, 0.05) is 0 Å². The van der Waals surface area contributed by atoms with Gasteiger partial charge in [-0.05, 0) is 37.5 Å². The molecule has 0 saturated carbocycles. The summed E-state index contributed by atoms with van der Waals surface area (Å²) in [6.45, 7) is 4.13. The lowest BCUT2D eigenvalue weighted by Gasteiger charge is -2.18. The first-order valence-corrected chi connectivity index (χ1v) is 9.37. The Kier molecular flexibility index (Phi) is 9.66. The number of hydrogen-bond donors (Lipinski definition) is 0. The molecule has 1 unspecified atom stereocenters. The molecule has 6 heteroatoms. The molecule has 0 radical (unpaired) electrons. The molecule has 0 amide bonds. The van der Waals surface area contributed by atoms with Gasteiger partial charge < -0.3 is 4.74 Å². The highest BCUT2D eigenvalue weighted by Crippen LogP contribution is 2.30. The summed E-state index contributed by atoms with van der Waals surface area (Å²) in [5.74, 6) is -2.02. The van der Waals surface area contributed by atoms with Crippen LogP contribution in [0.25, 0.3) is 0 Å². The number of alkyl halides is 3. The standard InChI is InChI=1S/C20H28F4O2/c1-3-5-7-8-9-11-16(10-6-4-2)26-19(25)17-14-15(20(22,23)24)12-13-18(17)21/h12-14,16H,3-11H2,1-2H3. The van der Waals surface area contributed by atoms with E-state index in [9.17, 15) is 22.4 Å². The number of carbonyl (C=O) groups excluding carboxylic acids is 1.